The van der Waals surface area contributed by atoms with E-state index >= 15 is 0 Å². The maximum absolute atomic E-state index is 5.76. The quantitative estimate of drug-likeness (QED) is 0.597. The summed E-state index contributed by atoms with van der Waals surface area (Å²) in [5.41, 5.74) is 10.6. The SMILES string of the molecule is NC(N)CCC[C@H](Cl)C(Cl)(Cl)Cl. The summed E-state index contributed by atoms with van der Waals surface area (Å²) < 4.78 is -1.40. The Morgan fingerprint density at radius 3 is 1.92 bits per heavy atom. The lowest BCUT2D eigenvalue weighted by Gasteiger charge is -2.17. The maximum Gasteiger partial charge on any atom is 0.206 e. The summed E-state index contributed by atoms with van der Waals surface area (Å²) in [7, 11) is 0. The molecular formula is C6H12Cl4N2. The number of alkyl halides is 4. The maximum atomic E-state index is 5.76. The highest BCUT2D eigenvalue weighted by molar-refractivity contribution is 6.70. The molecule has 0 spiro atoms. The lowest BCUT2D eigenvalue weighted by molar-refractivity contribution is 0.570. The van der Waals surface area contributed by atoms with Gasteiger partial charge in [-0.15, -0.1) is 11.6 Å². The van der Waals surface area contributed by atoms with Crippen LogP contribution in [-0.4, -0.2) is 15.3 Å². The molecule has 0 heterocycles. The van der Waals surface area contributed by atoms with E-state index in [9.17, 15) is 0 Å². The molecule has 0 aliphatic rings. The van der Waals surface area contributed by atoms with Gasteiger partial charge in [0.25, 0.3) is 0 Å². The highest BCUT2D eigenvalue weighted by Gasteiger charge is 2.29. The van der Waals surface area contributed by atoms with Crippen LogP contribution in [0.2, 0.25) is 0 Å². The Kier molecular flexibility index (Phi) is 6.25. The van der Waals surface area contributed by atoms with E-state index < -0.39 is 9.17 Å². The number of hydrogen-bond donors (Lipinski definition) is 2. The topological polar surface area (TPSA) is 52.0 Å². The largest absolute Gasteiger partial charge is 0.316 e. The Morgan fingerprint density at radius 1 is 1.08 bits per heavy atom. The third-order valence-electron chi connectivity index (χ3n) is 1.35. The fourth-order valence-corrected chi connectivity index (χ4v) is 1.18. The van der Waals surface area contributed by atoms with Crippen molar-refractivity contribution in [1.82, 2.24) is 0 Å². The Hall–Kier alpha value is 1.08. The van der Waals surface area contributed by atoms with Gasteiger partial charge >= 0.3 is 0 Å². The van der Waals surface area contributed by atoms with E-state index in [0.29, 0.717) is 12.8 Å². The summed E-state index contributed by atoms with van der Waals surface area (Å²) in [6, 6.07) is 0. The average molecular weight is 254 g/mol. The molecule has 0 aliphatic carbocycles. The Labute approximate surface area is 92.5 Å². The summed E-state index contributed by atoms with van der Waals surface area (Å²) in [6.07, 6.45) is 1.73. The van der Waals surface area contributed by atoms with Crippen molar-refractivity contribution in [3.63, 3.8) is 0 Å². The molecule has 0 rings (SSSR count). The minimum Gasteiger partial charge on any atom is -0.316 e. The molecule has 0 aromatic heterocycles. The van der Waals surface area contributed by atoms with Gasteiger partial charge in [-0.3, -0.25) is 0 Å². The molecule has 1 atom stereocenters. The van der Waals surface area contributed by atoms with E-state index in [-0.39, 0.29) is 6.17 Å². The van der Waals surface area contributed by atoms with Gasteiger partial charge in [-0.2, -0.15) is 0 Å². The molecule has 0 saturated carbocycles. The third kappa shape index (κ3) is 6.58. The van der Waals surface area contributed by atoms with Crippen LogP contribution in [-0.2, 0) is 0 Å². The fraction of sp³-hybridized carbons (Fsp3) is 1.00. The van der Waals surface area contributed by atoms with Crippen LogP contribution in [0.4, 0.5) is 0 Å². The van der Waals surface area contributed by atoms with E-state index in [1.807, 2.05) is 0 Å². The minimum atomic E-state index is -1.40. The van der Waals surface area contributed by atoms with E-state index in [0.717, 1.165) is 6.42 Å². The minimum absolute atomic E-state index is 0.316. The number of halogens is 4. The molecule has 2 nitrogen and oxygen atoms in total. The molecular weight excluding hydrogens is 242 g/mol. The zero-order valence-corrected chi connectivity index (χ0v) is 9.47. The number of rotatable bonds is 4. The molecule has 4 N–H and O–H groups in total. The second-order valence-electron chi connectivity index (χ2n) is 2.60. The van der Waals surface area contributed by atoms with Gasteiger partial charge in [0, 0.05) is 0 Å². The van der Waals surface area contributed by atoms with E-state index in [1.165, 1.54) is 0 Å². The lowest BCUT2D eigenvalue weighted by atomic mass is 10.2. The second-order valence-corrected chi connectivity index (χ2v) is 5.50. The van der Waals surface area contributed by atoms with Crippen LogP contribution in [0, 0.1) is 0 Å². The van der Waals surface area contributed by atoms with Gasteiger partial charge in [-0.05, 0) is 19.3 Å². The zero-order chi connectivity index (χ0) is 9.78. The first-order valence-electron chi connectivity index (χ1n) is 3.56. The Morgan fingerprint density at radius 2 is 1.58 bits per heavy atom. The summed E-state index contributed by atoms with van der Waals surface area (Å²) in [4.78, 5) is 0. The number of hydrogen-bond acceptors (Lipinski definition) is 2. The van der Waals surface area contributed by atoms with Crippen molar-refractivity contribution in [3.05, 3.63) is 0 Å². The van der Waals surface area contributed by atoms with Gasteiger partial charge in [0.1, 0.15) is 0 Å². The first kappa shape index (κ1) is 13.1. The molecule has 6 heteroatoms. The second kappa shape index (κ2) is 5.74. The van der Waals surface area contributed by atoms with Crippen molar-refractivity contribution in [2.45, 2.75) is 34.6 Å². The van der Waals surface area contributed by atoms with Crippen molar-refractivity contribution >= 4 is 46.4 Å². The first-order chi connectivity index (χ1) is 5.34. The van der Waals surface area contributed by atoms with Crippen LogP contribution >= 0.6 is 46.4 Å². The molecule has 12 heavy (non-hydrogen) atoms. The smallest absolute Gasteiger partial charge is 0.206 e. The molecule has 0 unspecified atom stereocenters. The van der Waals surface area contributed by atoms with Crippen molar-refractivity contribution in [3.8, 4) is 0 Å². The van der Waals surface area contributed by atoms with E-state index in [4.69, 9.17) is 57.9 Å². The van der Waals surface area contributed by atoms with Crippen LogP contribution in [0.1, 0.15) is 19.3 Å². The van der Waals surface area contributed by atoms with Crippen LogP contribution in [0.3, 0.4) is 0 Å². The van der Waals surface area contributed by atoms with E-state index in [1.54, 1.807) is 0 Å². The molecule has 0 radical (unpaired) electrons. The lowest BCUT2D eigenvalue weighted by Crippen LogP contribution is -2.30. The highest BCUT2D eigenvalue weighted by atomic mass is 35.6. The molecule has 0 aliphatic heterocycles. The third-order valence-corrected chi connectivity index (χ3v) is 3.02. The summed E-state index contributed by atoms with van der Waals surface area (Å²) >= 11 is 22.4. The van der Waals surface area contributed by atoms with Gasteiger partial charge in [0.2, 0.25) is 3.79 Å². The summed E-state index contributed by atoms with van der Waals surface area (Å²) in [6.45, 7) is 0. The van der Waals surface area contributed by atoms with Crippen molar-refractivity contribution in [2.24, 2.45) is 11.5 Å². The van der Waals surface area contributed by atoms with Gasteiger partial charge in [0.15, 0.2) is 0 Å². The molecule has 0 saturated heterocycles. The molecule has 0 aromatic rings. The van der Waals surface area contributed by atoms with Gasteiger partial charge in [0.05, 0.1) is 11.5 Å². The van der Waals surface area contributed by atoms with Crippen molar-refractivity contribution in [1.29, 1.82) is 0 Å². The molecule has 0 aromatic carbocycles. The van der Waals surface area contributed by atoms with Crippen molar-refractivity contribution < 1.29 is 0 Å². The average Bonchev–Trinajstić information content (AvgIpc) is 1.84. The summed E-state index contributed by atoms with van der Waals surface area (Å²) in [5.74, 6) is 0. The summed E-state index contributed by atoms with van der Waals surface area (Å²) in [5, 5.41) is -0.485. The predicted octanol–water partition coefficient (Wildman–Crippen LogP) is 2.38. The molecule has 0 fully saturated rings. The normalized spacial score (nSPS) is 15.2. The Balaban J connectivity index is 3.51. The van der Waals surface area contributed by atoms with Crippen LogP contribution < -0.4 is 11.5 Å². The highest BCUT2D eigenvalue weighted by Crippen LogP contribution is 2.36. The van der Waals surface area contributed by atoms with Gasteiger partial charge in [-0.1, -0.05) is 34.8 Å². The first-order valence-corrected chi connectivity index (χ1v) is 5.13. The van der Waals surface area contributed by atoms with Gasteiger partial charge < -0.3 is 11.5 Å². The van der Waals surface area contributed by atoms with Crippen molar-refractivity contribution in [2.75, 3.05) is 0 Å². The van der Waals surface area contributed by atoms with Gasteiger partial charge in [-0.25, -0.2) is 0 Å². The predicted molar refractivity (Wildman–Crippen MR) is 55.9 cm³/mol. The molecule has 74 valence electrons. The monoisotopic (exact) mass is 252 g/mol. The van der Waals surface area contributed by atoms with Crippen LogP contribution in [0.25, 0.3) is 0 Å². The standard InChI is InChI=1S/C6H12Cl4N2/c7-4(6(8,9)10)2-1-3-5(11)12/h4-5H,1-3,11-12H2/t4-/m0/s1. The zero-order valence-electron chi connectivity index (χ0n) is 6.44. The number of nitrogens with two attached hydrogens (primary N) is 2. The fourth-order valence-electron chi connectivity index (χ4n) is 0.696. The molecule has 0 bridgehead atoms. The molecule has 0 amide bonds. The Bertz CT molecular complexity index is 123. The van der Waals surface area contributed by atoms with Crippen LogP contribution in [0.5, 0.6) is 0 Å². The van der Waals surface area contributed by atoms with Crippen LogP contribution in [0.15, 0.2) is 0 Å². The van der Waals surface area contributed by atoms with E-state index in [2.05, 4.69) is 0 Å².